The van der Waals surface area contributed by atoms with Crippen LogP contribution in [0.25, 0.3) is 0 Å². The summed E-state index contributed by atoms with van der Waals surface area (Å²) < 4.78 is 0. The summed E-state index contributed by atoms with van der Waals surface area (Å²) in [5.74, 6) is 1.47. The quantitative estimate of drug-likeness (QED) is 0.811. The molecule has 0 spiro atoms. The van der Waals surface area contributed by atoms with E-state index in [2.05, 4.69) is 15.3 Å². The first kappa shape index (κ1) is 14.2. The maximum absolute atomic E-state index is 12.0. The Morgan fingerprint density at radius 3 is 2.56 bits per heavy atom. The zero-order valence-electron chi connectivity index (χ0n) is 11.5. The summed E-state index contributed by atoms with van der Waals surface area (Å²) in [6, 6.07) is 0. The van der Waals surface area contributed by atoms with E-state index < -0.39 is 0 Å². The van der Waals surface area contributed by atoms with Gasteiger partial charge in [0.05, 0.1) is 18.9 Å². The van der Waals surface area contributed by atoms with Crippen LogP contribution < -0.4 is 10.2 Å². The highest BCUT2D eigenvalue weighted by Gasteiger charge is 2.13. The minimum Gasteiger partial charge on any atom is -0.372 e. The second kappa shape index (κ2) is 6.78. The number of nitrogens with one attached hydrogen (secondary N) is 1. The van der Waals surface area contributed by atoms with Gasteiger partial charge >= 0.3 is 0 Å². The average Bonchev–Trinajstić information content (AvgIpc) is 2.40. The first-order valence-electron chi connectivity index (χ1n) is 6.11. The third kappa shape index (κ3) is 3.58. The molecule has 0 radical (unpaired) electrons. The van der Waals surface area contributed by atoms with Gasteiger partial charge in [-0.05, 0) is 13.8 Å². The molecule has 0 bridgehead atoms. The van der Waals surface area contributed by atoms with Crippen LogP contribution in [-0.2, 0) is 4.79 Å². The van der Waals surface area contributed by atoms with Crippen molar-refractivity contribution in [1.82, 2.24) is 14.9 Å². The summed E-state index contributed by atoms with van der Waals surface area (Å²) in [6.07, 6.45) is 3.29. The van der Waals surface area contributed by atoms with Gasteiger partial charge in [0.15, 0.2) is 0 Å². The van der Waals surface area contributed by atoms with E-state index in [9.17, 15) is 4.79 Å². The van der Waals surface area contributed by atoms with Crippen LogP contribution in [0.3, 0.4) is 0 Å². The maximum atomic E-state index is 12.0. The van der Waals surface area contributed by atoms with Crippen LogP contribution in [0.5, 0.6) is 0 Å². The fourth-order valence-electron chi connectivity index (χ4n) is 1.62. The Hall–Kier alpha value is -1.85. The van der Waals surface area contributed by atoms with E-state index in [1.807, 2.05) is 20.9 Å². The third-order valence-electron chi connectivity index (χ3n) is 2.76. The van der Waals surface area contributed by atoms with Crippen molar-refractivity contribution in [2.24, 2.45) is 0 Å². The van der Waals surface area contributed by atoms with Crippen molar-refractivity contribution in [2.75, 3.05) is 43.9 Å². The van der Waals surface area contributed by atoms with Crippen molar-refractivity contribution in [3.05, 3.63) is 12.4 Å². The Kier molecular flexibility index (Phi) is 5.35. The van der Waals surface area contributed by atoms with E-state index in [0.29, 0.717) is 18.2 Å². The van der Waals surface area contributed by atoms with Crippen molar-refractivity contribution >= 4 is 17.5 Å². The van der Waals surface area contributed by atoms with Gasteiger partial charge in [-0.1, -0.05) is 0 Å². The molecule has 0 saturated heterocycles. The molecule has 0 aliphatic carbocycles. The second-order valence-electron chi connectivity index (χ2n) is 3.93. The Bertz CT molecular complexity index is 392. The molecule has 18 heavy (non-hydrogen) atoms. The lowest BCUT2D eigenvalue weighted by atomic mass is 10.4. The first-order chi connectivity index (χ1) is 8.62. The lowest BCUT2D eigenvalue weighted by Crippen LogP contribution is -2.39. The summed E-state index contributed by atoms with van der Waals surface area (Å²) in [5.41, 5.74) is 0. The molecule has 0 aliphatic rings. The van der Waals surface area contributed by atoms with Crippen LogP contribution in [0.4, 0.5) is 11.6 Å². The number of aromatic nitrogens is 2. The Morgan fingerprint density at radius 1 is 1.33 bits per heavy atom. The van der Waals surface area contributed by atoms with E-state index in [0.717, 1.165) is 13.1 Å². The second-order valence-corrected chi connectivity index (χ2v) is 3.93. The standard InChI is InChI=1S/C12H21N5O/c1-5-17(6-2)12(18)9-16(4)11-8-14-7-10(13-3)15-11/h7-8H,5-6,9H2,1-4H3,(H,13,15). The molecule has 6 nitrogen and oxygen atoms in total. The minimum atomic E-state index is 0.0964. The molecule has 0 atom stereocenters. The van der Waals surface area contributed by atoms with E-state index >= 15 is 0 Å². The topological polar surface area (TPSA) is 61.4 Å². The molecule has 1 heterocycles. The van der Waals surface area contributed by atoms with E-state index in [-0.39, 0.29) is 5.91 Å². The monoisotopic (exact) mass is 251 g/mol. The highest BCUT2D eigenvalue weighted by molar-refractivity contribution is 5.81. The van der Waals surface area contributed by atoms with Crippen LogP contribution in [0.1, 0.15) is 13.8 Å². The maximum Gasteiger partial charge on any atom is 0.242 e. The Morgan fingerprint density at radius 2 is 2.00 bits per heavy atom. The van der Waals surface area contributed by atoms with Crippen LogP contribution in [0, 0.1) is 0 Å². The summed E-state index contributed by atoms with van der Waals surface area (Å²) >= 11 is 0. The number of likely N-dealkylation sites (N-methyl/N-ethyl adjacent to an activating group) is 2. The number of rotatable bonds is 6. The van der Waals surface area contributed by atoms with Crippen molar-refractivity contribution in [3.63, 3.8) is 0 Å². The molecular formula is C12H21N5O. The third-order valence-corrected chi connectivity index (χ3v) is 2.76. The first-order valence-corrected chi connectivity index (χ1v) is 6.11. The molecule has 1 aromatic rings. The van der Waals surface area contributed by atoms with Crippen LogP contribution in [0.15, 0.2) is 12.4 Å². The predicted octanol–water partition coefficient (Wildman–Crippen LogP) is 0.823. The summed E-state index contributed by atoms with van der Waals surface area (Å²) in [4.78, 5) is 24.0. The largest absolute Gasteiger partial charge is 0.372 e. The number of anilines is 2. The molecule has 0 saturated carbocycles. The van der Waals surface area contributed by atoms with Crippen LogP contribution in [0.2, 0.25) is 0 Å². The Labute approximate surface area is 108 Å². The number of carbonyl (C=O) groups excluding carboxylic acids is 1. The number of nitrogens with zero attached hydrogens (tertiary/aromatic N) is 4. The molecule has 0 aromatic carbocycles. The van der Waals surface area contributed by atoms with Crippen molar-refractivity contribution in [3.8, 4) is 0 Å². The molecule has 100 valence electrons. The molecule has 1 rings (SSSR count). The fraction of sp³-hybridized carbons (Fsp3) is 0.583. The SMILES string of the molecule is CCN(CC)C(=O)CN(C)c1cncc(NC)n1. The summed E-state index contributed by atoms with van der Waals surface area (Å²) in [7, 11) is 3.62. The molecule has 0 aliphatic heterocycles. The van der Waals surface area contributed by atoms with Crippen molar-refractivity contribution in [2.45, 2.75) is 13.8 Å². The molecule has 0 fully saturated rings. The van der Waals surface area contributed by atoms with E-state index in [4.69, 9.17) is 0 Å². The highest BCUT2D eigenvalue weighted by atomic mass is 16.2. The zero-order valence-corrected chi connectivity index (χ0v) is 11.5. The van der Waals surface area contributed by atoms with Gasteiger partial charge in [-0.25, -0.2) is 4.98 Å². The summed E-state index contributed by atoms with van der Waals surface area (Å²) in [5, 5.41) is 2.93. The van der Waals surface area contributed by atoms with Gasteiger partial charge in [0.2, 0.25) is 5.91 Å². The lowest BCUT2D eigenvalue weighted by molar-refractivity contribution is -0.129. The molecule has 6 heteroatoms. The number of carbonyl (C=O) groups is 1. The predicted molar refractivity (Wildman–Crippen MR) is 72.8 cm³/mol. The van der Waals surface area contributed by atoms with Crippen LogP contribution in [-0.4, -0.2) is 54.5 Å². The van der Waals surface area contributed by atoms with Crippen molar-refractivity contribution < 1.29 is 4.79 Å². The fourth-order valence-corrected chi connectivity index (χ4v) is 1.62. The highest BCUT2D eigenvalue weighted by Crippen LogP contribution is 2.10. The van der Waals surface area contributed by atoms with Gasteiger partial charge in [0.1, 0.15) is 11.6 Å². The van der Waals surface area contributed by atoms with Crippen LogP contribution >= 0.6 is 0 Å². The molecule has 1 aromatic heterocycles. The Balaban J connectivity index is 2.69. The van der Waals surface area contributed by atoms with Gasteiger partial charge in [-0.15, -0.1) is 0 Å². The summed E-state index contributed by atoms with van der Waals surface area (Å²) in [6.45, 7) is 5.71. The van der Waals surface area contributed by atoms with E-state index in [1.165, 1.54) is 0 Å². The normalized spacial score (nSPS) is 10.0. The number of hydrogen-bond donors (Lipinski definition) is 1. The van der Waals surface area contributed by atoms with Crippen molar-refractivity contribution in [1.29, 1.82) is 0 Å². The molecule has 0 unspecified atom stereocenters. The average molecular weight is 251 g/mol. The number of amides is 1. The van der Waals surface area contributed by atoms with E-state index in [1.54, 1.807) is 29.2 Å². The zero-order chi connectivity index (χ0) is 13.5. The lowest BCUT2D eigenvalue weighted by Gasteiger charge is -2.23. The smallest absolute Gasteiger partial charge is 0.242 e. The van der Waals surface area contributed by atoms with Gasteiger partial charge in [0, 0.05) is 27.2 Å². The molecule has 1 amide bonds. The molecule has 1 N–H and O–H groups in total. The van der Waals surface area contributed by atoms with Gasteiger partial charge < -0.3 is 15.1 Å². The van der Waals surface area contributed by atoms with Gasteiger partial charge in [0.25, 0.3) is 0 Å². The number of hydrogen-bond acceptors (Lipinski definition) is 5. The van der Waals surface area contributed by atoms with Gasteiger partial charge in [-0.2, -0.15) is 0 Å². The minimum absolute atomic E-state index is 0.0964. The molecular weight excluding hydrogens is 230 g/mol. The van der Waals surface area contributed by atoms with Gasteiger partial charge in [-0.3, -0.25) is 9.78 Å².